The van der Waals surface area contributed by atoms with E-state index in [-0.39, 0.29) is 5.56 Å². The fourth-order valence-electron chi connectivity index (χ4n) is 3.29. The molecule has 0 radical (unpaired) electrons. The average Bonchev–Trinajstić information content (AvgIpc) is 3.17. The topological polar surface area (TPSA) is 73.8 Å². The quantitative estimate of drug-likeness (QED) is 0.528. The van der Waals surface area contributed by atoms with Crippen LogP contribution in [0.15, 0.2) is 45.7 Å². The first-order valence-corrected chi connectivity index (χ1v) is 9.41. The molecule has 0 aliphatic carbocycles. The summed E-state index contributed by atoms with van der Waals surface area (Å²) in [5, 5.41) is 4.14. The van der Waals surface area contributed by atoms with E-state index in [4.69, 9.17) is 4.52 Å². The van der Waals surface area contributed by atoms with E-state index in [9.17, 15) is 4.79 Å². The minimum atomic E-state index is -0.0429. The molecule has 6 heteroatoms. The van der Waals surface area contributed by atoms with Crippen molar-refractivity contribution in [2.75, 3.05) is 0 Å². The Labute approximate surface area is 162 Å². The molecule has 4 rings (SSSR count). The summed E-state index contributed by atoms with van der Waals surface area (Å²) in [4.78, 5) is 21.4. The molecule has 0 aliphatic heterocycles. The van der Waals surface area contributed by atoms with Crippen molar-refractivity contribution in [3.8, 4) is 22.8 Å². The summed E-state index contributed by atoms with van der Waals surface area (Å²) in [7, 11) is 0. The average molecular weight is 374 g/mol. The van der Waals surface area contributed by atoms with Crippen LogP contribution in [0.25, 0.3) is 33.9 Å². The summed E-state index contributed by atoms with van der Waals surface area (Å²) < 4.78 is 7.26. The van der Waals surface area contributed by atoms with E-state index in [1.165, 1.54) is 11.1 Å². The maximum atomic E-state index is 12.4. The molecule has 0 bridgehead atoms. The first-order chi connectivity index (χ1) is 13.5. The van der Waals surface area contributed by atoms with E-state index in [0.717, 1.165) is 28.6 Å². The molecule has 2 heterocycles. The molecule has 6 nitrogen and oxygen atoms in total. The van der Waals surface area contributed by atoms with Crippen molar-refractivity contribution in [1.82, 2.24) is 19.7 Å². The Morgan fingerprint density at radius 2 is 1.75 bits per heavy atom. The van der Waals surface area contributed by atoms with Gasteiger partial charge in [0.2, 0.25) is 5.82 Å². The Morgan fingerprint density at radius 3 is 2.50 bits per heavy atom. The zero-order valence-electron chi connectivity index (χ0n) is 16.5. The molecule has 0 fully saturated rings. The number of aromatic nitrogens is 4. The van der Waals surface area contributed by atoms with Crippen LogP contribution in [0.5, 0.6) is 0 Å². The van der Waals surface area contributed by atoms with Crippen LogP contribution in [-0.4, -0.2) is 19.7 Å². The molecule has 0 N–H and O–H groups in total. The molecular formula is C22H22N4O2. The van der Waals surface area contributed by atoms with Crippen molar-refractivity contribution < 1.29 is 4.52 Å². The second-order valence-electron chi connectivity index (χ2n) is 7.08. The summed E-state index contributed by atoms with van der Waals surface area (Å²) in [6.45, 7) is 8.59. The smallest absolute Gasteiger partial charge is 0.272 e. The molecule has 0 unspecified atom stereocenters. The van der Waals surface area contributed by atoms with Crippen LogP contribution in [0.1, 0.15) is 30.2 Å². The summed E-state index contributed by atoms with van der Waals surface area (Å²) >= 11 is 0. The van der Waals surface area contributed by atoms with Gasteiger partial charge < -0.3 is 9.09 Å². The molecule has 2 aromatic carbocycles. The van der Waals surface area contributed by atoms with E-state index >= 15 is 0 Å². The first kappa shape index (κ1) is 18.1. The molecule has 2 aromatic heterocycles. The van der Waals surface area contributed by atoms with Crippen molar-refractivity contribution in [1.29, 1.82) is 0 Å². The number of hydrogen-bond donors (Lipinski definition) is 0. The predicted octanol–water partition coefficient (Wildman–Crippen LogP) is 4.45. The lowest BCUT2D eigenvalue weighted by Gasteiger charge is -2.10. The van der Waals surface area contributed by atoms with Crippen molar-refractivity contribution in [2.45, 2.75) is 40.7 Å². The lowest BCUT2D eigenvalue weighted by Crippen LogP contribution is -2.24. The molecule has 0 spiro atoms. The second kappa shape index (κ2) is 7.03. The van der Waals surface area contributed by atoms with Crippen molar-refractivity contribution >= 4 is 11.0 Å². The Hall–Kier alpha value is -3.28. The lowest BCUT2D eigenvalue weighted by molar-refractivity contribution is 0.432. The number of rotatable bonds is 4. The van der Waals surface area contributed by atoms with Gasteiger partial charge in [-0.2, -0.15) is 4.98 Å². The van der Waals surface area contributed by atoms with Gasteiger partial charge in [-0.3, -0.25) is 4.79 Å². The highest BCUT2D eigenvalue weighted by atomic mass is 16.5. The van der Waals surface area contributed by atoms with Gasteiger partial charge >= 0.3 is 0 Å². The monoisotopic (exact) mass is 374 g/mol. The van der Waals surface area contributed by atoms with Gasteiger partial charge in [-0.25, -0.2) is 4.98 Å². The van der Waals surface area contributed by atoms with Crippen molar-refractivity contribution in [3.63, 3.8) is 0 Å². The van der Waals surface area contributed by atoms with Crippen molar-refractivity contribution in [2.24, 2.45) is 0 Å². The number of aryl methyl sites for hydroxylation is 4. The molecular weight excluding hydrogens is 352 g/mol. The van der Waals surface area contributed by atoms with E-state index in [2.05, 4.69) is 35.9 Å². The Morgan fingerprint density at radius 1 is 0.964 bits per heavy atom. The molecule has 28 heavy (non-hydrogen) atoms. The largest absolute Gasteiger partial charge is 0.334 e. The van der Waals surface area contributed by atoms with Crippen molar-refractivity contribution in [3.05, 3.63) is 63.6 Å². The van der Waals surface area contributed by atoms with Gasteiger partial charge in [0.15, 0.2) is 0 Å². The number of benzene rings is 2. The fourth-order valence-corrected chi connectivity index (χ4v) is 3.29. The molecule has 142 valence electrons. The SMILES string of the molecule is CCCn1c(=O)c(C)nc2cc(-c3noc(-c4ccc(C)c(C)c4)n3)ccc21. The highest BCUT2D eigenvalue weighted by Gasteiger charge is 2.14. The summed E-state index contributed by atoms with van der Waals surface area (Å²) in [5.41, 5.74) is 6.11. The molecule has 0 saturated heterocycles. The summed E-state index contributed by atoms with van der Waals surface area (Å²) in [6.07, 6.45) is 0.879. The van der Waals surface area contributed by atoms with Gasteiger partial charge in [-0.05, 0) is 68.7 Å². The fraction of sp³-hybridized carbons (Fsp3) is 0.273. The third-order valence-electron chi connectivity index (χ3n) is 4.99. The van der Waals surface area contributed by atoms with Gasteiger partial charge in [-0.1, -0.05) is 18.1 Å². The minimum Gasteiger partial charge on any atom is -0.334 e. The van der Waals surface area contributed by atoms with E-state index < -0.39 is 0 Å². The Bertz CT molecular complexity index is 1240. The third kappa shape index (κ3) is 3.11. The maximum absolute atomic E-state index is 12.4. The van der Waals surface area contributed by atoms with Crippen LogP contribution >= 0.6 is 0 Å². The van der Waals surface area contributed by atoms with Crippen LogP contribution in [-0.2, 0) is 6.54 Å². The standard InChI is InChI=1S/C22H22N4O2/c1-5-10-26-19-9-8-16(12-18(19)23-15(4)22(26)27)20-24-21(28-25-20)17-7-6-13(2)14(3)11-17/h6-9,11-12H,5,10H2,1-4H3. The Balaban J connectivity index is 1.78. The number of nitrogens with zero attached hydrogens (tertiary/aromatic N) is 4. The lowest BCUT2D eigenvalue weighted by atomic mass is 10.1. The number of fused-ring (bicyclic) bond motifs is 1. The van der Waals surface area contributed by atoms with Crippen LogP contribution in [0.3, 0.4) is 0 Å². The van der Waals surface area contributed by atoms with Gasteiger partial charge in [-0.15, -0.1) is 0 Å². The van der Waals surface area contributed by atoms with Gasteiger partial charge in [0.25, 0.3) is 11.4 Å². The molecule has 4 aromatic rings. The Kier molecular flexibility index (Phi) is 4.55. The van der Waals surface area contributed by atoms with E-state index in [0.29, 0.717) is 24.0 Å². The molecule has 0 amide bonds. The third-order valence-corrected chi connectivity index (χ3v) is 4.99. The first-order valence-electron chi connectivity index (χ1n) is 9.41. The molecule has 0 aliphatic rings. The minimum absolute atomic E-state index is 0.0429. The van der Waals surface area contributed by atoms with E-state index in [1.54, 1.807) is 11.5 Å². The zero-order valence-corrected chi connectivity index (χ0v) is 16.5. The van der Waals surface area contributed by atoms with E-state index in [1.807, 2.05) is 36.4 Å². The molecule has 0 saturated carbocycles. The van der Waals surface area contributed by atoms with Crippen LogP contribution in [0.4, 0.5) is 0 Å². The van der Waals surface area contributed by atoms with Gasteiger partial charge in [0.05, 0.1) is 11.0 Å². The van der Waals surface area contributed by atoms with Gasteiger partial charge in [0.1, 0.15) is 5.69 Å². The maximum Gasteiger partial charge on any atom is 0.272 e. The predicted molar refractivity (Wildman–Crippen MR) is 109 cm³/mol. The van der Waals surface area contributed by atoms with Crippen LogP contribution in [0.2, 0.25) is 0 Å². The zero-order chi connectivity index (χ0) is 19.8. The second-order valence-corrected chi connectivity index (χ2v) is 7.08. The molecule has 0 atom stereocenters. The number of hydrogen-bond acceptors (Lipinski definition) is 5. The van der Waals surface area contributed by atoms with Crippen LogP contribution < -0.4 is 5.56 Å². The summed E-state index contributed by atoms with van der Waals surface area (Å²) in [5.74, 6) is 0.987. The van der Waals surface area contributed by atoms with Gasteiger partial charge in [0, 0.05) is 17.7 Å². The highest BCUT2D eigenvalue weighted by Crippen LogP contribution is 2.25. The summed E-state index contributed by atoms with van der Waals surface area (Å²) in [6, 6.07) is 11.8. The highest BCUT2D eigenvalue weighted by molar-refractivity contribution is 5.80. The normalized spacial score (nSPS) is 11.3. The van der Waals surface area contributed by atoms with Crippen LogP contribution in [0, 0.1) is 20.8 Å².